The highest BCUT2D eigenvalue weighted by Crippen LogP contribution is 2.33. The van der Waals surface area contributed by atoms with Gasteiger partial charge in [-0.3, -0.25) is 0 Å². The topological polar surface area (TPSA) is 4.93 Å². The van der Waals surface area contributed by atoms with Crippen LogP contribution in [0.25, 0.3) is 49.4 Å². The van der Waals surface area contributed by atoms with Crippen molar-refractivity contribution in [1.29, 1.82) is 0 Å². The van der Waals surface area contributed by atoms with Crippen molar-refractivity contribution in [2.45, 2.75) is 6.92 Å². The average Bonchev–Trinajstić information content (AvgIpc) is 3.13. The lowest BCUT2D eigenvalue weighted by Gasteiger charge is -2.10. The van der Waals surface area contributed by atoms with Gasteiger partial charge < -0.3 is 4.57 Å². The first kappa shape index (κ1) is 17.1. The third-order valence-corrected chi connectivity index (χ3v) is 6.05. The second-order valence-electron chi connectivity index (χ2n) is 7.98. The summed E-state index contributed by atoms with van der Waals surface area (Å²) in [7, 11) is 0. The first-order chi connectivity index (χ1) is 14.8. The monoisotopic (exact) mass is 383 g/mol. The summed E-state index contributed by atoms with van der Waals surface area (Å²) in [6, 6.07) is 39.6. The molecule has 0 spiro atoms. The Morgan fingerprint density at radius 3 is 1.77 bits per heavy atom. The van der Waals surface area contributed by atoms with E-state index < -0.39 is 0 Å². The Balaban J connectivity index is 1.54. The first-order valence-corrected chi connectivity index (χ1v) is 10.4. The third-order valence-electron chi connectivity index (χ3n) is 6.05. The Bertz CT molecular complexity index is 1480. The SMILES string of the molecule is Cc1ccc(-c2ccc3cc(-n4c5ccccc5c5ccccc54)ccc3c2)cc1. The summed E-state index contributed by atoms with van der Waals surface area (Å²) in [6.45, 7) is 2.13. The van der Waals surface area contributed by atoms with Crippen LogP contribution in [-0.4, -0.2) is 4.57 Å². The van der Waals surface area contributed by atoms with Gasteiger partial charge in [-0.2, -0.15) is 0 Å². The van der Waals surface area contributed by atoms with Crippen molar-refractivity contribution in [3.05, 3.63) is 115 Å². The number of para-hydroxylation sites is 2. The van der Waals surface area contributed by atoms with Crippen molar-refractivity contribution in [3.63, 3.8) is 0 Å². The molecule has 0 atom stereocenters. The van der Waals surface area contributed by atoms with Crippen LogP contribution < -0.4 is 0 Å². The molecule has 5 aromatic carbocycles. The van der Waals surface area contributed by atoms with Crippen LogP contribution in [0.4, 0.5) is 0 Å². The van der Waals surface area contributed by atoms with Gasteiger partial charge in [-0.1, -0.05) is 84.4 Å². The van der Waals surface area contributed by atoms with E-state index in [2.05, 4.69) is 121 Å². The number of benzene rings is 5. The van der Waals surface area contributed by atoms with E-state index in [4.69, 9.17) is 0 Å². The molecule has 0 aliphatic carbocycles. The van der Waals surface area contributed by atoms with Crippen LogP contribution in [0, 0.1) is 6.92 Å². The van der Waals surface area contributed by atoms with Gasteiger partial charge in [0.1, 0.15) is 0 Å². The molecule has 30 heavy (non-hydrogen) atoms. The first-order valence-electron chi connectivity index (χ1n) is 10.4. The van der Waals surface area contributed by atoms with Crippen LogP contribution in [0.3, 0.4) is 0 Å². The van der Waals surface area contributed by atoms with Gasteiger partial charge in [0.25, 0.3) is 0 Å². The predicted octanol–water partition coefficient (Wildman–Crippen LogP) is 7.91. The lowest BCUT2D eigenvalue weighted by molar-refractivity contribution is 1.19. The number of aromatic nitrogens is 1. The van der Waals surface area contributed by atoms with Gasteiger partial charge in [-0.05, 0) is 59.2 Å². The lowest BCUT2D eigenvalue weighted by Crippen LogP contribution is -1.93. The highest BCUT2D eigenvalue weighted by molar-refractivity contribution is 6.09. The van der Waals surface area contributed by atoms with Crippen LogP contribution in [0.15, 0.2) is 109 Å². The maximum Gasteiger partial charge on any atom is 0.0541 e. The quantitative estimate of drug-likeness (QED) is 0.286. The van der Waals surface area contributed by atoms with E-state index in [0.717, 1.165) is 0 Å². The molecule has 0 aliphatic rings. The summed E-state index contributed by atoms with van der Waals surface area (Å²) in [5.74, 6) is 0. The maximum absolute atomic E-state index is 2.37. The number of hydrogen-bond donors (Lipinski definition) is 0. The van der Waals surface area contributed by atoms with Crippen LogP contribution in [0.2, 0.25) is 0 Å². The van der Waals surface area contributed by atoms with Gasteiger partial charge in [-0.25, -0.2) is 0 Å². The van der Waals surface area contributed by atoms with Crippen molar-refractivity contribution in [1.82, 2.24) is 4.57 Å². The van der Waals surface area contributed by atoms with Gasteiger partial charge in [0.2, 0.25) is 0 Å². The standard InChI is InChI=1S/C29H21N/c1-20-10-12-21(13-11-20)22-14-15-24-19-25(17-16-23(24)18-22)30-28-8-4-2-6-26(28)27-7-3-5-9-29(27)30/h2-19H,1H3. The molecule has 1 heterocycles. The minimum Gasteiger partial charge on any atom is -0.309 e. The van der Waals surface area contributed by atoms with Crippen molar-refractivity contribution >= 4 is 32.6 Å². The highest BCUT2D eigenvalue weighted by Gasteiger charge is 2.11. The van der Waals surface area contributed by atoms with Gasteiger partial charge in [-0.15, -0.1) is 0 Å². The molecule has 0 radical (unpaired) electrons. The molecule has 0 saturated carbocycles. The smallest absolute Gasteiger partial charge is 0.0541 e. The summed E-state index contributed by atoms with van der Waals surface area (Å²) < 4.78 is 2.37. The number of rotatable bonds is 2. The molecule has 1 nitrogen and oxygen atoms in total. The zero-order valence-electron chi connectivity index (χ0n) is 16.8. The molecule has 6 rings (SSSR count). The third kappa shape index (κ3) is 2.63. The number of fused-ring (bicyclic) bond motifs is 4. The Morgan fingerprint density at radius 2 is 1.07 bits per heavy atom. The summed E-state index contributed by atoms with van der Waals surface area (Å²) >= 11 is 0. The fraction of sp³-hybridized carbons (Fsp3) is 0.0345. The number of hydrogen-bond acceptors (Lipinski definition) is 0. The lowest BCUT2D eigenvalue weighted by atomic mass is 10.00. The van der Waals surface area contributed by atoms with E-state index in [1.54, 1.807) is 0 Å². The van der Waals surface area contributed by atoms with Gasteiger partial charge in [0.05, 0.1) is 11.0 Å². The van der Waals surface area contributed by atoms with E-state index in [9.17, 15) is 0 Å². The zero-order valence-corrected chi connectivity index (χ0v) is 16.8. The Kier molecular flexibility index (Phi) is 3.75. The number of nitrogens with zero attached hydrogens (tertiary/aromatic N) is 1. The Morgan fingerprint density at radius 1 is 0.500 bits per heavy atom. The van der Waals surface area contributed by atoms with Crippen LogP contribution in [0.5, 0.6) is 0 Å². The average molecular weight is 383 g/mol. The summed E-state index contributed by atoms with van der Waals surface area (Å²) in [4.78, 5) is 0. The predicted molar refractivity (Wildman–Crippen MR) is 128 cm³/mol. The molecule has 142 valence electrons. The molecule has 0 fully saturated rings. The number of aryl methyl sites for hydroxylation is 1. The van der Waals surface area contributed by atoms with Crippen LogP contribution >= 0.6 is 0 Å². The minimum absolute atomic E-state index is 1.20. The normalized spacial score (nSPS) is 11.5. The molecule has 1 aromatic heterocycles. The molecule has 1 heteroatoms. The van der Waals surface area contributed by atoms with E-state index >= 15 is 0 Å². The molecule has 0 N–H and O–H groups in total. The fourth-order valence-corrected chi connectivity index (χ4v) is 4.50. The Labute approximate surface area is 175 Å². The molecule has 6 aromatic rings. The van der Waals surface area contributed by atoms with Crippen molar-refractivity contribution in [3.8, 4) is 16.8 Å². The second-order valence-corrected chi connectivity index (χ2v) is 7.98. The molecule has 0 bridgehead atoms. The van der Waals surface area contributed by atoms with Crippen molar-refractivity contribution in [2.75, 3.05) is 0 Å². The molecule has 0 saturated heterocycles. The van der Waals surface area contributed by atoms with Gasteiger partial charge >= 0.3 is 0 Å². The van der Waals surface area contributed by atoms with Crippen LogP contribution in [-0.2, 0) is 0 Å². The summed E-state index contributed by atoms with van der Waals surface area (Å²) in [5.41, 5.74) is 7.49. The molecule has 0 unspecified atom stereocenters. The van der Waals surface area contributed by atoms with E-state index in [1.165, 1.54) is 55.0 Å². The van der Waals surface area contributed by atoms with E-state index in [-0.39, 0.29) is 0 Å². The maximum atomic E-state index is 2.37. The van der Waals surface area contributed by atoms with Crippen LogP contribution in [0.1, 0.15) is 5.56 Å². The van der Waals surface area contributed by atoms with E-state index in [1.807, 2.05) is 0 Å². The second kappa shape index (κ2) is 6.60. The van der Waals surface area contributed by atoms with Gasteiger partial charge in [0.15, 0.2) is 0 Å². The minimum atomic E-state index is 1.20. The molecular formula is C29H21N. The summed E-state index contributed by atoms with van der Waals surface area (Å²) in [5, 5.41) is 5.11. The fourth-order valence-electron chi connectivity index (χ4n) is 4.50. The van der Waals surface area contributed by atoms with Crippen molar-refractivity contribution < 1.29 is 0 Å². The largest absolute Gasteiger partial charge is 0.309 e. The summed E-state index contributed by atoms with van der Waals surface area (Å²) in [6.07, 6.45) is 0. The Hall–Kier alpha value is -3.84. The zero-order chi connectivity index (χ0) is 20.1. The van der Waals surface area contributed by atoms with E-state index in [0.29, 0.717) is 0 Å². The molecule has 0 amide bonds. The van der Waals surface area contributed by atoms with Gasteiger partial charge in [0, 0.05) is 16.5 Å². The molecular weight excluding hydrogens is 362 g/mol. The van der Waals surface area contributed by atoms with Crippen molar-refractivity contribution in [2.24, 2.45) is 0 Å². The highest BCUT2D eigenvalue weighted by atomic mass is 15.0. The molecule has 0 aliphatic heterocycles.